The van der Waals surface area contributed by atoms with Crippen molar-refractivity contribution in [2.45, 2.75) is 13.0 Å². The molecule has 0 fully saturated rings. The zero-order valence-corrected chi connectivity index (χ0v) is 11.1. The van der Waals surface area contributed by atoms with Gasteiger partial charge in [-0.1, -0.05) is 30.3 Å². The van der Waals surface area contributed by atoms with Crippen LogP contribution in [0.3, 0.4) is 0 Å². The molecule has 100 valence electrons. The summed E-state index contributed by atoms with van der Waals surface area (Å²) in [4.78, 5) is 0. The van der Waals surface area contributed by atoms with E-state index in [0.717, 1.165) is 30.8 Å². The van der Waals surface area contributed by atoms with Gasteiger partial charge in [0.25, 0.3) is 0 Å². The first kappa shape index (κ1) is 13.4. The molecule has 2 aromatic rings. The molecule has 0 spiro atoms. The molecule has 0 aliphatic carbocycles. The van der Waals surface area contributed by atoms with Gasteiger partial charge in [0.2, 0.25) is 0 Å². The summed E-state index contributed by atoms with van der Waals surface area (Å²) in [5, 5.41) is 12.6. The Bertz CT molecular complexity index is 508. The number of phenols is 1. The highest BCUT2D eigenvalue weighted by Gasteiger charge is 2.00. The monoisotopic (exact) mass is 257 g/mol. The van der Waals surface area contributed by atoms with Crippen molar-refractivity contribution < 1.29 is 9.84 Å². The first-order chi connectivity index (χ1) is 9.29. The van der Waals surface area contributed by atoms with E-state index in [9.17, 15) is 5.11 Å². The average molecular weight is 257 g/mol. The molecule has 19 heavy (non-hydrogen) atoms. The molecular formula is C16H19NO2. The highest BCUT2D eigenvalue weighted by molar-refractivity contribution is 5.33. The van der Waals surface area contributed by atoms with E-state index in [1.54, 1.807) is 19.2 Å². The second-order valence-electron chi connectivity index (χ2n) is 4.41. The quantitative estimate of drug-likeness (QED) is 0.782. The summed E-state index contributed by atoms with van der Waals surface area (Å²) >= 11 is 0. The molecule has 0 unspecified atom stereocenters. The molecule has 0 aromatic heterocycles. The largest absolute Gasteiger partial charge is 0.508 e. The Balaban J connectivity index is 1.79. The Morgan fingerprint density at radius 3 is 2.53 bits per heavy atom. The van der Waals surface area contributed by atoms with E-state index in [2.05, 4.69) is 11.4 Å². The number of nitrogens with one attached hydrogen (secondary N) is 1. The van der Waals surface area contributed by atoms with Crippen LogP contribution in [0.5, 0.6) is 11.5 Å². The minimum atomic E-state index is 0.303. The average Bonchev–Trinajstić information content (AvgIpc) is 2.46. The molecule has 0 aliphatic heterocycles. The lowest BCUT2D eigenvalue weighted by molar-refractivity contribution is 0.409. The summed E-state index contributed by atoms with van der Waals surface area (Å²) in [6.45, 7) is 1.69. The molecule has 0 aliphatic rings. The molecular weight excluding hydrogens is 238 g/mol. The Labute approximate surface area is 113 Å². The van der Waals surface area contributed by atoms with Gasteiger partial charge in [0, 0.05) is 6.54 Å². The van der Waals surface area contributed by atoms with Crippen LogP contribution in [0.25, 0.3) is 0 Å². The minimum Gasteiger partial charge on any atom is -0.508 e. The first-order valence-corrected chi connectivity index (χ1v) is 6.40. The van der Waals surface area contributed by atoms with Crippen molar-refractivity contribution in [2.75, 3.05) is 13.7 Å². The Hall–Kier alpha value is -2.00. The van der Waals surface area contributed by atoms with Crippen LogP contribution < -0.4 is 10.1 Å². The smallest absolute Gasteiger partial charge is 0.122 e. The first-order valence-electron chi connectivity index (χ1n) is 6.40. The van der Waals surface area contributed by atoms with E-state index in [1.165, 1.54) is 5.56 Å². The van der Waals surface area contributed by atoms with Crippen LogP contribution in [0.1, 0.15) is 11.1 Å². The van der Waals surface area contributed by atoms with Crippen molar-refractivity contribution >= 4 is 0 Å². The number of phenolic OH excluding ortho intramolecular Hbond substituents is 1. The van der Waals surface area contributed by atoms with Gasteiger partial charge < -0.3 is 15.2 Å². The highest BCUT2D eigenvalue weighted by atomic mass is 16.5. The summed E-state index contributed by atoms with van der Waals surface area (Å²) in [5.74, 6) is 1.24. The van der Waals surface area contributed by atoms with Gasteiger partial charge in [0.1, 0.15) is 11.5 Å². The van der Waals surface area contributed by atoms with Gasteiger partial charge in [-0.05, 0) is 42.3 Å². The van der Waals surface area contributed by atoms with E-state index in [4.69, 9.17) is 4.74 Å². The number of aromatic hydroxyl groups is 1. The SMILES string of the molecule is COc1ccccc1CCNCc1ccc(O)cc1. The summed E-state index contributed by atoms with van der Waals surface area (Å²) in [6.07, 6.45) is 0.933. The number of para-hydroxylation sites is 1. The van der Waals surface area contributed by atoms with E-state index in [-0.39, 0.29) is 0 Å². The highest BCUT2D eigenvalue weighted by Crippen LogP contribution is 2.17. The standard InChI is InChI=1S/C16H19NO2/c1-19-16-5-3-2-4-14(16)10-11-17-12-13-6-8-15(18)9-7-13/h2-9,17-18H,10-12H2,1H3. The van der Waals surface area contributed by atoms with Crippen molar-refractivity contribution in [2.24, 2.45) is 0 Å². The molecule has 3 heteroatoms. The van der Waals surface area contributed by atoms with E-state index < -0.39 is 0 Å². The minimum absolute atomic E-state index is 0.303. The van der Waals surface area contributed by atoms with Crippen LogP contribution in [0, 0.1) is 0 Å². The fourth-order valence-corrected chi connectivity index (χ4v) is 1.98. The third kappa shape index (κ3) is 4.00. The summed E-state index contributed by atoms with van der Waals surface area (Å²) in [6, 6.07) is 15.3. The van der Waals surface area contributed by atoms with Crippen LogP contribution in [0.2, 0.25) is 0 Å². The number of rotatable bonds is 6. The molecule has 0 saturated heterocycles. The second-order valence-corrected chi connectivity index (χ2v) is 4.41. The van der Waals surface area contributed by atoms with Crippen LogP contribution in [-0.2, 0) is 13.0 Å². The van der Waals surface area contributed by atoms with Crippen LogP contribution in [0.15, 0.2) is 48.5 Å². The Morgan fingerprint density at radius 2 is 1.79 bits per heavy atom. The topological polar surface area (TPSA) is 41.5 Å². The molecule has 0 bridgehead atoms. The fourth-order valence-electron chi connectivity index (χ4n) is 1.98. The van der Waals surface area contributed by atoms with Gasteiger partial charge >= 0.3 is 0 Å². The van der Waals surface area contributed by atoms with E-state index in [0.29, 0.717) is 5.75 Å². The molecule has 0 heterocycles. The molecule has 2 aromatic carbocycles. The van der Waals surface area contributed by atoms with Crippen molar-refractivity contribution in [3.8, 4) is 11.5 Å². The van der Waals surface area contributed by atoms with Gasteiger partial charge in [0.15, 0.2) is 0 Å². The second kappa shape index (κ2) is 6.81. The molecule has 0 atom stereocenters. The van der Waals surface area contributed by atoms with E-state index in [1.807, 2.05) is 30.3 Å². The third-order valence-corrected chi connectivity index (χ3v) is 3.03. The number of benzene rings is 2. The van der Waals surface area contributed by atoms with Crippen molar-refractivity contribution in [3.63, 3.8) is 0 Å². The summed E-state index contributed by atoms with van der Waals surface area (Å²) < 4.78 is 5.32. The van der Waals surface area contributed by atoms with Gasteiger partial charge in [-0.15, -0.1) is 0 Å². The third-order valence-electron chi connectivity index (χ3n) is 3.03. The normalized spacial score (nSPS) is 10.4. The maximum absolute atomic E-state index is 9.20. The Morgan fingerprint density at radius 1 is 1.05 bits per heavy atom. The van der Waals surface area contributed by atoms with Gasteiger partial charge in [-0.2, -0.15) is 0 Å². The van der Waals surface area contributed by atoms with Crippen molar-refractivity contribution in [1.82, 2.24) is 5.32 Å². The number of ether oxygens (including phenoxy) is 1. The number of methoxy groups -OCH3 is 1. The lowest BCUT2D eigenvalue weighted by Gasteiger charge is -2.09. The zero-order chi connectivity index (χ0) is 13.5. The Kier molecular flexibility index (Phi) is 4.81. The molecule has 3 nitrogen and oxygen atoms in total. The van der Waals surface area contributed by atoms with Gasteiger partial charge in [-0.3, -0.25) is 0 Å². The maximum atomic E-state index is 9.20. The molecule has 2 N–H and O–H groups in total. The molecule has 2 rings (SSSR count). The predicted octanol–water partition coefficient (Wildman–Crippen LogP) is 2.73. The predicted molar refractivity (Wildman–Crippen MR) is 76.5 cm³/mol. The fraction of sp³-hybridized carbons (Fsp3) is 0.250. The van der Waals surface area contributed by atoms with Crippen LogP contribution in [-0.4, -0.2) is 18.8 Å². The number of hydrogen-bond donors (Lipinski definition) is 2. The maximum Gasteiger partial charge on any atom is 0.122 e. The zero-order valence-electron chi connectivity index (χ0n) is 11.1. The number of hydrogen-bond acceptors (Lipinski definition) is 3. The summed E-state index contributed by atoms with van der Waals surface area (Å²) in [5.41, 5.74) is 2.38. The van der Waals surface area contributed by atoms with Gasteiger partial charge in [0.05, 0.1) is 7.11 Å². The summed E-state index contributed by atoms with van der Waals surface area (Å²) in [7, 11) is 1.70. The van der Waals surface area contributed by atoms with Crippen molar-refractivity contribution in [1.29, 1.82) is 0 Å². The molecule has 0 saturated carbocycles. The molecule has 0 radical (unpaired) electrons. The molecule has 0 amide bonds. The van der Waals surface area contributed by atoms with Crippen molar-refractivity contribution in [3.05, 3.63) is 59.7 Å². The van der Waals surface area contributed by atoms with E-state index >= 15 is 0 Å². The van der Waals surface area contributed by atoms with Crippen LogP contribution >= 0.6 is 0 Å². The van der Waals surface area contributed by atoms with Crippen LogP contribution in [0.4, 0.5) is 0 Å². The van der Waals surface area contributed by atoms with Gasteiger partial charge in [-0.25, -0.2) is 0 Å². The lowest BCUT2D eigenvalue weighted by Crippen LogP contribution is -2.16. The lowest BCUT2D eigenvalue weighted by atomic mass is 10.1.